The van der Waals surface area contributed by atoms with Crippen LogP contribution in [0, 0.1) is 27.7 Å². The second kappa shape index (κ2) is 11.8. The lowest BCUT2D eigenvalue weighted by Gasteiger charge is -2.39. The lowest BCUT2D eigenvalue weighted by atomic mass is 9.96. The minimum absolute atomic E-state index is 0.0215. The van der Waals surface area contributed by atoms with Crippen molar-refractivity contribution in [3.63, 3.8) is 0 Å². The van der Waals surface area contributed by atoms with Crippen LogP contribution in [0.25, 0.3) is 16.9 Å². The van der Waals surface area contributed by atoms with Crippen molar-refractivity contribution >= 4 is 5.91 Å². The van der Waals surface area contributed by atoms with E-state index in [2.05, 4.69) is 130 Å². The molecule has 1 fully saturated rings. The van der Waals surface area contributed by atoms with Gasteiger partial charge in [-0.3, -0.25) is 9.69 Å². The highest BCUT2D eigenvalue weighted by atomic mass is 16.2. The maximum atomic E-state index is 14.2. The number of aryl methyl sites for hydroxylation is 4. The fourth-order valence-electron chi connectivity index (χ4n) is 6.03. The average molecular weight is 555 g/mol. The summed E-state index contributed by atoms with van der Waals surface area (Å²) in [4.78, 5) is 18.7. The zero-order valence-corrected chi connectivity index (χ0v) is 24.9. The van der Waals surface area contributed by atoms with Crippen molar-refractivity contribution in [2.24, 2.45) is 0 Å². The molecule has 1 aliphatic rings. The summed E-state index contributed by atoms with van der Waals surface area (Å²) in [6.07, 6.45) is 0. The van der Waals surface area contributed by atoms with Crippen LogP contribution >= 0.6 is 0 Å². The first kappa shape index (κ1) is 27.7. The van der Waals surface area contributed by atoms with Gasteiger partial charge in [0.05, 0.1) is 17.4 Å². The second-order valence-electron chi connectivity index (χ2n) is 11.5. The first-order valence-electron chi connectivity index (χ1n) is 14.8. The van der Waals surface area contributed by atoms with E-state index in [-0.39, 0.29) is 11.9 Å². The zero-order valence-electron chi connectivity index (χ0n) is 24.9. The summed E-state index contributed by atoms with van der Waals surface area (Å²) in [6.45, 7) is 11.3. The molecule has 4 aromatic carbocycles. The van der Waals surface area contributed by atoms with Gasteiger partial charge in [-0.15, -0.1) is 0 Å². The Morgan fingerprint density at radius 2 is 1.31 bits per heavy atom. The molecular weight excluding hydrogens is 516 g/mol. The Morgan fingerprint density at radius 3 is 1.90 bits per heavy atom. The van der Waals surface area contributed by atoms with E-state index in [9.17, 15) is 4.79 Å². The van der Waals surface area contributed by atoms with Crippen molar-refractivity contribution in [3.8, 4) is 16.9 Å². The van der Waals surface area contributed by atoms with Gasteiger partial charge in [-0.05, 0) is 73.7 Å². The van der Waals surface area contributed by atoms with Crippen molar-refractivity contribution < 1.29 is 4.79 Å². The highest BCUT2D eigenvalue weighted by Crippen LogP contribution is 2.31. The third-order valence-electron chi connectivity index (χ3n) is 8.51. The quantitative estimate of drug-likeness (QED) is 0.221. The van der Waals surface area contributed by atoms with Crippen LogP contribution < -0.4 is 0 Å². The average Bonchev–Trinajstić information content (AvgIpc) is 3.45. The van der Waals surface area contributed by atoms with Crippen LogP contribution in [-0.2, 0) is 0 Å². The Labute approximate surface area is 249 Å². The van der Waals surface area contributed by atoms with Gasteiger partial charge in [0.2, 0.25) is 0 Å². The third kappa shape index (κ3) is 5.53. The number of nitrogens with zero attached hydrogens (tertiary/aromatic N) is 4. The van der Waals surface area contributed by atoms with E-state index in [0.717, 1.165) is 35.6 Å². The predicted molar refractivity (Wildman–Crippen MR) is 170 cm³/mol. The Bertz CT molecular complexity index is 1660. The van der Waals surface area contributed by atoms with E-state index >= 15 is 0 Å². The molecule has 2 heterocycles. The number of aromatic nitrogens is 2. The number of carbonyl (C=O) groups is 1. The molecule has 0 atom stereocenters. The molecule has 1 saturated heterocycles. The van der Waals surface area contributed by atoms with Crippen LogP contribution in [0.5, 0.6) is 0 Å². The molecule has 0 radical (unpaired) electrons. The summed E-state index contributed by atoms with van der Waals surface area (Å²) in [6, 6.07) is 36.1. The summed E-state index contributed by atoms with van der Waals surface area (Å²) in [5.74, 6) is 0.0215. The molecule has 6 rings (SSSR count). The van der Waals surface area contributed by atoms with Gasteiger partial charge < -0.3 is 4.90 Å². The molecular formula is C37H38N4O. The Morgan fingerprint density at radius 1 is 0.667 bits per heavy atom. The van der Waals surface area contributed by atoms with Gasteiger partial charge in [-0.25, -0.2) is 4.68 Å². The number of rotatable bonds is 6. The van der Waals surface area contributed by atoms with Crippen LogP contribution in [-0.4, -0.2) is 51.7 Å². The van der Waals surface area contributed by atoms with Crippen molar-refractivity contribution in [2.45, 2.75) is 33.7 Å². The van der Waals surface area contributed by atoms with Crippen LogP contribution in [0.4, 0.5) is 0 Å². The molecule has 5 nitrogen and oxygen atoms in total. The summed E-state index contributed by atoms with van der Waals surface area (Å²) in [5, 5.41) is 5.01. The number of benzene rings is 4. The molecule has 0 unspecified atom stereocenters. The minimum atomic E-state index is 0.0215. The first-order valence-corrected chi connectivity index (χ1v) is 14.8. The van der Waals surface area contributed by atoms with Crippen molar-refractivity contribution in [3.05, 3.63) is 142 Å². The Balaban J connectivity index is 1.30. The van der Waals surface area contributed by atoms with Crippen molar-refractivity contribution in [1.29, 1.82) is 0 Å². The minimum Gasteiger partial charge on any atom is -0.335 e. The molecule has 5 heteroatoms. The maximum absolute atomic E-state index is 14.2. The normalized spacial score (nSPS) is 14.0. The van der Waals surface area contributed by atoms with Crippen molar-refractivity contribution in [2.75, 3.05) is 26.2 Å². The molecule has 0 bridgehead atoms. The largest absolute Gasteiger partial charge is 0.335 e. The fraction of sp³-hybridized carbons (Fsp3) is 0.243. The number of amides is 1. The summed E-state index contributed by atoms with van der Waals surface area (Å²) >= 11 is 0. The van der Waals surface area contributed by atoms with Crippen molar-refractivity contribution in [1.82, 2.24) is 19.6 Å². The highest BCUT2D eigenvalue weighted by molar-refractivity contribution is 5.94. The van der Waals surface area contributed by atoms with Crippen LogP contribution in [0.2, 0.25) is 0 Å². The molecule has 0 N–H and O–H groups in total. The summed E-state index contributed by atoms with van der Waals surface area (Å²) < 4.78 is 1.85. The number of piperazine rings is 1. The molecule has 1 amide bonds. The first-order chi connectivity index (χ1) is 20.4. The number of carbonyl (C=O) groups excluding carboxylic acids is 1. The fourth-order valence-corrected chi connectivity index (χ4v) is 6.03. The molecule has 0 saturated carbocycles. The smallest absolute Gasteiger partial charge is 0.272 e. The second-order valence-corrected chi connectivity index (χ2v) is 11.5. The van der Waals surface area contributed by atoms with E-state index in [1.807, 2.05) is 15.6 Å². The van der Waals surface area contributed by atoms with Gasteiger partial charge in [0, 0.05) is 31.7 Å². The lowest BCUT2D eigenvalue weighted by molar-refractivity contribution is 0.0588. The standard InChI is InChI=1S/C37H38N4O/c1-26-15-18-34(29(4)23-26)41-35(25-33(38-41)32-17-16-27(2)28(3)24-32)37(42)40-21-19-39(20-22-40)36(30-11-7-5-8-12-30)31-13-9-6-10-14-31/h5-18,23-25,36H,19-22H2,1-4H3. The monoisotopic (exact) mass is 554 g/mol. The lowest BCUT2D eigenvalue weighted by Crippen LogP contribution is -2.50. The molecule has 212 valence electrons. The predicted octanol–water partition coefficient (Wildman–Crippen LogP) is 7.32. The maximum Gasteiger partial charge on any atom is 0.272 e. The van der Waals surface area contributed by atoms with Gasteiger partial charge in [-0.1, -0.05) is 90.5 Å². The highest BCUT2D eigenvalue weighted by Gasteiger charge is 2.30. The van der Waals surface area contributed by atoms with Gasteiger partial charge in [0.1, 0.15) is 5.69 Å². The van der Waals surface area contributed by atoms with E-state index in [1.54, 1.807) is 0 Å². The SMILES string of the molecule is Cc1ccc(-n2nc(-c3ccc(C)c(C)c3)cc2C(=O)N2CCN(C(c3ccccc3)c3ccccc3)CC2)c(C)c1. The topological polar surface area (TPSA) is 41.4 Å². The van der Waals surface area contributed by atoms with Crippen LogP contribution in [0.15, 0.2) is 103 Å². The molecule has 0 aliphatic carbocycles. The van der Waals surface area contributed by atoms with E-state index in [1.165, 1.54) is 27.8 Å². The Hall–Kier alpha value is -4.48. The summed E-state index contributed by atoms with van der Waals surface area (Å²) in [7, 11) is 0. The number of hydrogen-bond donors (Lipinski definition) is 0. The molecule has 1 aromatic heterocycles. The van der Waals surface area contributed by atoms with E-state index < -0.39 is 0 Å². The summed E-state index contributed by atoms with van der Waals surface area (Å²) in [5.41, 5.74) is 10.7. The van der Waals surface area contributed by atoms with Gasteiger partial charge in [0.15, 0.2) is 0 Å². The molecule has 0 spiro atoms. The third-order valence-corrected chi connectivity index (χ3v) is 8.51. The van der Waals surface area contributed by atoms with E-state index in [4.69, 9.17) is 5.10 Å². The van der Waals surface area contributed by atoms with Gasteiger partial charge in [0.25, 0.3) is 5.91 Å². The molecule has 1 aliphatic heterocycles. The van der Waals surface area contributed by atoms with Crippen LogP contribution in [0.3, 0.4) is 0 Å². The molecule has 5 aromatic rings. The zero-order chi connectivity index (χ0) is 29.2. The molecule has 42 heavy (non-hydrogen) atoms. The van der Waals surface area contributed by atoms with Gasteiger partial charge in [-0.2, -0.15) is 5.10 Å². The number of hydrogen-bond acceptors (Lipinski definition) is 3. The van der Waals surface area contributed by atoms with Gasteiger partial charge >= 0.3 is 0 Å². The van der Waals surface area contributed by atoms with E-state index in [0.29, 0.717) is 18.8 Å². The Kier molecular flexibility index (Phi) is 7.77. The van der Waals surface area contributed by atoms with Crippen LogP contribution in [0.1, 0.15) is 49.9 Å².